The zero-order valence-corrected chi connectivity index (χ0v) is 14.1. The van der Waals surface area contributed by atoms with Crippen LogP contribution in [0.25, 0.3) is 0 Å². The van der Waals surface area contributed by atoms with Crippen LogP contribution in [0.5, 0.6) is 0 Å². The molecule has 124 valence electrons. The topological polar surface area (TPSA) is 78.6 Å². The van der Waals surface area contributed by atoms with Gasteiger partial charge in [-0.3, -0.25) is 9.59 Å². The maximum absolute atomic E-state index is 12.6. The minimum atomic E-state index is -0.769. The molecule has 1 heterocycles. The molecule has 1 aromatic carbocycles. The summed E-state index contributed by atoms with van der Waals surface area (Å²) in [5.74, 6) is -1.80. The normalized spacial score (nSPS) is 27.0. The Kier molecular flexibility index (Phi) is 6.46. The number of nitrogens with two attached hydrogens (primary N) is 1. The van der Waals surface area contributed by atoms with Crippen molar-refractivity contribution in [1.29, 1.82) is 0 Å². The number of aryl methyl sites for hydroxylation is 1. The average Bonchev–Trinajstić information content (AvgIpc) is 2.89. The van der Waals surface area contributed by atoms with Crippen molar-refractivity contribution in [2.24, 2.45) is 17.6 Å². The largest absolute Gasteiger partial charge is 0.469 e. The van der Waals surface area contributed by atoms with E-state index in [1.165, 1.54) is 7.11 Å². The van der Waals surface area contributed by atoms with Crippen LogP contribution in [0.3, 0.4) is 0 Å². The summed E-state index contributed by atoms with van der Waals surface area (Å²) in [4.78, 5) is 24.7. The molecule has 5 nitrogen and oxygen atoms in total. The van der Waals surface area contributed by atoms with Crippen molar-refractivity contribution in [2.75, 3.05) is 13.3 Å². The Labute approximate surface area is 138 Å². The summed E-state index contributed by atoms with van der Waals surface area (Å²) in [7, 11) is 2.16. The number of ether oxygens (including phenoxy) is 2. The highest BCUT2D eigenvalue weighted by molar-refractivity contribution is 7.36. The highest BCUT2D eigenvalue weighted by Crippen LogP contribution is 2.34. The van der Waals surface area contributed by atoms with Gasteiger partial charge < -0.3 is 15.2 Å². The Morgan fingerprint density at radius 2 is 2.00 bits per heavy atom. The average molecular weight is 335 g/mol. The molecule has 2 rings (SSSR count). The number of carbonyl (C=O) groups excluding carboxylic acids is 2. The van der Waals surface area contributed by atoms with E-state index in [1.54, 1.807) is 0 Å². The van der Waals surface area contributed by atoms with Gasteiger partial charge in [0.05, 0.1) is 25.0 Å². The van der Waals surface area contributed by atoms with Gasteiger partial charge in [0, 0.05) is 12.6 Å². The van der Waals surface area contributed by atoms with Crippen LogP contribution >= 0.6 is 8.20 Å². The molecule has 1 saturated heterocycles. The first-order chi connectivity index (χ1) is 11.1. The van der Waals surface area contributed by atoms with Crippen molar-refractivity contribution < 1.29 is 19.1 Å². The molecule has 1 aliphatic rings. The molecule has 2 N–H and O–H groups in total. The van der Waals surface area contributed by atoms with Gasteiger partial charge >= 0.3 is 5.97 Å². The molecule has 0 aliphatic carbocycles. The van der Waals surface area contributed by atoms with Gasteiger partial charge in [-0.05, 0) is 12.0 Å². The minimum Gasteiger partial charge on any atom is -0.469 e. The molecule has 0 amide bonds. The summed E-state index contributed by atoms with van der Waals surface area (Å²) in [5.41, 5.74) is 7.06. The van der Waals surface area contributed by atoms with Crippen molar-refractivity contribution in [1.82, 2.24) is 0 Å². The highest BCUT2D eigenvalue weighted by atomic mass is 31.1. The third kappa shape index (κ3) is 4.25. The Hall–Kier alpha value is -1.55. The van der Waals surface area contributed by atoms with Gasteiger partial charge in [-0.15, -0.1) is 8.20 Å². The SMILES string of the molecule is C=PCC1OC(N)[C@H](C(=O)CCc2ccccc2)[C@@H]1C(=O)OC. The number of esters is 1. The lowest BCUT2D eigenvalue weighted by atomic mass is 9.84. The van der Waals surface area contributed by atoms with E-state index in [0.717, 1.165) is 13.8 Å². The summed E-state index contributed by atoms with van der Waals surface area (Å²) >= 11 is 0. The molecule has 0 spiro atoms. The fourth-order valence-corrected chi connectivity index (χ4v) is 3.56. The predicted molar refractivity (Wildman–Crippen MR) is 90.5 cm³/mol. The molecule has 0 bridgehead atoms. The maximum atomic E-state index is 12.6. The predicted octanol–water partition coefficient (Wildman–Crippen LogP) is 1.66. The van der Waals surface area contributed by atoms with E-state index in [0.29, 0.717) is 19.0 Å². The van der Waals surface area contributed by atoms with E-state index in [1.807, 2.05) is 30.3 Å². The summed E-state index contributed by atoms with van der Waals surface area (Å²) in [5, 5.41) is 0. The number of hydrogen-bond donors (Lipinski definition) is 1. The van der Waals surface area contributed by atoms with Crippen LogP contribution in [0.15, 0.2) is 30.3 Å². The molecule has 4 atom stereocenters. The second-order valence-electron chi connectivity index (χ2n) is 5.57. The highest BCUT2D eigenvalue weighted by Gasteiger charge is 2.50. The standard InChI is InChI=1S/C17H22NO4P/c1-21-17(20)15-13(10-23-2)22-16(18)14(15)12(19)9-8-11-6-4-3-5-7-11/h3-7,13-16H,2,8-10,18H2,1H3/t13?,14-,15-,16?/m1/s1. The number of Topliss-reactive ketones (excluding diaryl/α,β-unsaturated/α-hetero) is 1. The second-order valence-corrected chi connectivity index (χ2v) is 6.38. The Morgan fingerprint density at radius 3 is 2.61 bits per heavy atom. The second kappa shape index (κ2) is 8.34. The summed E-state index contributed by atoms with van der Waals surface area (Å²) in [6.45, 7) is 0. The van der Waals surface area contributed by atoms with Gasteiger partial charge in [0.2, 0.25) is 0 Å². The van der Waals surface area contributed by atoms with E-state index in [4.69, 9.17) is 15.2 Å². The quantitative estimate of drug-likeness (QED) is 0.605. The lowest BCUT2D eigenvalue weighted by Crippen LogP contribution is -2.39. The Balaban J connectivity index is 2.09. The molecule has 0 aromatic heterocycles. The molecule has 2 unspecified atom stereocenters. The molecule has 6 heteroatoms. The molecule has 1 fully saturated rings. The van der Waals surface area contributed by atoms with Gasteiger partial charge in [0.25, 0.3) is 0 Å². The van der Waals surface area contributed by atoms with E-state index >= 15 is 0 Å². The van der Waals surface area contributed by atoms with Crippen molar-refractivity contribution in [3.05, 3.63) is 35.9 Å². The third-order valence-corrected chi connectivity index (χ3v) is 4.75. The van der Waals surface area contributed by atoms with Crippen molar-refractivity contribution in [3.8, 4) is 0 Å². The van der Waals surface area contributed by atoms with Gasteiger partial charge in [0.1, 0.15) is 12.0 Å². The monoisotopic (exact) mass is 335 g/mol. The van der Waals surface area contributed by atoms with Gasteiger partial charge in [-0.25, -0.2) is 0 Å². The lowest BCUT2D eigenvalue weighted by Gasteiger charge is -2.19. The molecular weight excluding hydrogens is 313 g/mol. The Bertz CT molecular complexity index is 563. The van der Waals surface area contributed by atoms with Crippen LogP contribution in [0, 0.1) is 11.8 Å². The molecule has 1 aliphatic heterocycles. The van der Waals surface area contributed by atoms with Crippen LogP contribution in [0.4, 0.5) is 0 Å². The van der Waals surface area contributed by atoms with Crippen LogP contribution in [0.2, 0.25) is 0 Å². The third-order valence-electron chi connectivity index (χ3n) is 4.13. The van der Waals surface area contributed by atoms with Crippen LogP contribution in [-0.4, -0.2) is 43.7 Å². The molecule has 0 radical (unpaired) electrons. The fraction of sp³-hybridized carbons (Fsp3) is 0.471. The van der Waals surface area contributed by atoms with E-state index in [9.17, 15) is 9.59 Å². The van der Waals surface area contributed by atoms with Crippen LogP contribution in [-0.2, 0) is 25.5 Å². The number of carbonyl (C=O) groups is 2. The number of benzene rings is 1. The van der Waals surface area contributed by atoms with E-state index in [-0.39, 0.29) is 5.78 Å². The molecule has 0 saturated carbocycles. The minimum absolute atomic E-state index is 0.0556. The first-order valence-corrected chi connectivity index (χ1v) is 8.83. The summed E-state index contributed by atoms with van der Waals surface area (Å²) < 4.78 is 10.5. The number of rotatable bonds is 7. The number of ketones is 1. The van der Waals surface area contributed by atoms with E-state index in [2.05, 4.69) is 6.30 Å². The van der Waals surface area contributed by atoms with Crippen molar-refractivity contribution in [3.63, 3.8) is 0 Å². The van der Waals surface area contributed by atoms with Gasteiger partial charge in [0.15, 0.2) is 0 Å². The van der Waals surface area contributed by atoms with Gasteiger partial charge in [-0.2, -0.15) is 0 Å². The smallest absolute Gasteiger partial charge is 0.312 e. The maximum Gasteiger partial charge on any atom is 0.312 e. The Morgan fingerprint density at radius 1 is 1.30 bits per heavy atom. The van der Waals surface area contributed by atoms with Crippen LogP contribution in [0.1, 0.15) is 12.0 Å². The zero-order chi connectivity index (χ0) is 16.8. The van der Waals surface area contributed by atoms with Crippen molar-refractivity contribution in [2.45, 2.75) is 25.2 Å². The van der Waals surface area contributed by atoms with Crippen LogP contribution < -0.4 is 5.73 Å². The zero-order valence-electron chi connectivity index (χ0n) is 13.2. The lowest BCUT2D eigenvalue weighted by molar-refractivity contribution is -0.150. The fourth-order valence-electron chi connectivity index (χ4n) is 2.99. The first kappa shape index (κ1) is 17.8. The number of methoxy groups -OCH3 is 1. The van der Waals surface area contributed by atoms with Gasteiger partial charge in [-0.1, -0.05) is 36.6 Å². The molecular formula is C17H22NO4P. The number of hydrogen-bond acceptors (Lipinski definition) is 5. The van der Waals surface area contributed by atoms with Crippen molar-refractivity contribution >= 4 is 26.3 Å². The van der Waals surface area contributed by atoms with E-state index < -0.39 is 30.1 Å². The summed E-state index contributed by atoms with van der Waals surface area (Å²) in [6, 6.07) is 9.75. The molecule has 1 aromatic rings. The summed E-state index contributed by atoms with van der Waals surface area (Å²) in [6.07, 6.45) is 4.07. The first-order valence-electron chi connectivity index (χ1n) is 7.56. The molecule has 23 heavy (non-hydrogen) atoms.